The maximum atomic E-state index is 12.4. The van der Waals surface area contributed by atoms with Crippen molar-refractivity contribution in [1.82, 2.24) is 9.55 Å². The molecule has 2 heterocycles. The van der Waals surface area contributed by atoms with Gasteiger partial charge in [0.1, 0.15) is 17.1 Å². The van der Waals surface area contributed by atoms with Crippen molar-refractivity contribution in [2.45, 2.75) is 0 Å². The molecule has 0 amide bonds. The van der Waals surface area contributed by atoms with Gasteiger partial charge >= 0.3 is 5.63 Å². The standard InChI is InChI=1S/C20H16N2O4S/c1-24-14-8-13(9-15(10-14)25-2)22-11-17(21-20(22)27)16-7-12-5-3-4-6-18(12)26-19(16)23/h3-11H,1-2H3,(H,21,27). The normalized spacial score (nSPS) is 10.9. The summed E-state index contributed by atoms with van der Waals surface area (Å²) in [6, 6.07) is 14.6. The lowest BCUT2D eigenvalue weighted by Crippen LogP contribution is -2.02. The van der Waals surface area contributed by atoms with Gasteiger partial charge in [0.25, 0.3) is 0 Å². The maximum Gasteiger partial charge on any atom is 0.345 e. The summed E-state index contributed by atoms with van der Waals surface area (Å²) >= 11 is 5.45. The van der Waals surface area contributed by atoms with Crippen LogP contribution in [0.25, 0.3) is 27.9 Å². The molecule has 136 valence electrons. The van der Waals surface area contributed by atoms with Crippen LogP contribution >= 0.6 is 12.2 Å². The number of methoxy groups -OCH3 is 2. The molecule has 0 aliphatic carbocycles. The highest BCUT2D eigenvalue weighted by molar-refractivity contribution is 7.71. The Morgan fingerprint density at radius 1 is 1.04 bits per heavy atom. The van der Waals surface area contributed by atoms with E-state index in [4.69, 9.17) is 26.1 Å². The van der Waals surface area contributed by atoms with Gasteiger partial charge in [0.15, 0.2) is 4.77 Å². The van der Waals surface area contributed by atoms with Crippen molar-refractivity contribution in [2.75, 3.05) is 14.2 Å². The van der Waals surface area contributed by atoms with Gasteiger partial charge < -0.3 is 18.9 Å². The smallest absolute Gasteiger partial charge is 0.345 e. The van der Waals surface area contributed by atoms with E-state index in [1.54, 1.807) is 43.2 Å². The second-order valence-corrected chi connectivity index (χ2v) is 6.29. The molecule has 0 radical (unpaired) electrons. The van der Waals surface area contributed by atoms with Crippen molar-refractivity contribution in [3.63, 3.8) is 0 Å². The number of fused-ring (bicyclic) bond motifs is 1. The van der Waals surface area contributed by atoms with Crippen molar-refractivity contribution in [1.29, 1.82) is 0 Å². The van der Waals surface area contributed by atoms with Gasteiger partial charge in [-0.15, -0.1) is 0 Å². The Morgan fingerprint density at radius 2 is 1.74 bits per heavy atom. The van der Waals surface area contributed by atoms with Crippen molar-refractivity contribution in [2.24, 2.45) is 0 Å². The number of rotatable bonds is 4. The van der Waals surface area contributed by atoms with Crippen molar-refractivity contribution >= 4 is 23.2 Å². The zero-order valence-electron chi connectivity index (χ0n) is 14.7. The Labute approximate surface area is 159 Å². The van der Waals surface area contributed by atoms with Crippen molar-refractivity contribution in [3.8, 4) is 28.4 Å². The highest BCUT2D eigenvalue weighted by Crippen LogP contribution is 2.27. The van der Waals surface area contributed by atoms with Crippen molar-refractivity contribution in [3.05, 3.63) is 69.9 Å². The molecule has 7 heteroatoms. The van der Waals surface area contributed by atoms with Gasteiger partial charge in [-0.25, -0.2) is 4.79 Å². The Bertz CT molecular complexity index is 1230. The number of hydrogen-bond donors (Lipinski definition) is 1. The van der Waals surface area contributed by atoms with Crippen LogP contribution < -0.4 is 15.1 Å². The lowest BCUT2D eigenvalue weighted by Gasteiger charge is -2.08. The molecular formula is C20H16N2O4S. The molecule has 27 heavy (non-hydrogen) atoms. The Morgan fingerprint density at radius 3 is 2.44 bits per heavy atom. The third-order valence-corrected chi connectivity index (χ3v) is 4.56. The number of imidazole rings is 1. The van der Waals surface area contributed by atoms with E-state index in [9.17, 15) is 4.79 Å². The fraction of sp³-hybridized carbons (Fsp3) is 0.100. The molecular weight excluding hydrogens is 364 g/mol. The topological polar surface area (TPSA) is 69.4 Å². The van der Waals surface area contributed by atoms with Crippen LogP contribution in [0.1, 0.15) is 0 Å². The van der Waals surface area contributed by atoms with Gasteiger partial charge in [-0.1, -0.05) is 18.2 Å². The molecule has 4 rings (SSSR count). The molecule has 0 aliphatic rings. The van der Waals surface area contributed by atoms with E-state index in [1.807, 2.05) is 30.3 Å². The van der Waals surface area contributed by atoms with Crippen LogP contribution in [0, 0.1) is 4.77 Å². The van der Waals surface area contributed by atoms with Crippen LogP contribution in [-0.4, -0.2) is 23.8 Å². The van der Waals surface area contributed by atoms with E-state index in [-0.39, 0.29) is 0 Å². The van der Waals surface area contributed by atoms with Crippen LogP contribution in [0.4, 0.5) is 0 Å². The summed E-state index contributed by atoms with van der Waals surface area (Å²) in [5.74, 6) is 1.28. The molecule has 0 fully saturated rings. The number of benzene rings is 2. The summed E-state index contributed by atoms with van der Waals surface area (Å²) in [6.07, 6.45) is 1.76. The van der Waals surface area contributed by atoms with E-state index in [0.29, 0.717) is 33.1 Å². The Balaban J connectivity index is 1.87. The summed E-state index contributed by atoms with van der Waals surface area (Å²) in [4.78, 5) is 15.5. The van der Waals surface area contributed by atoms with Crippen LogP contribution in [-0.2, 0) is 0 Å². The fourth-order valence-electron chi connectivity index (χ4n) is 2.91. The molecule has 0 spiro atoms. The zero-order valence-corrected chi connectivity index (χ0v) is 15.5. The first-order valence-corrected chi connectivity index (χ1v) is 8.58. The molecule has 0 saturated heterocycles. The number of H-pyrrole nitrogens is 1. The van der Waals surface area contributed by atoms with Crippen LogP contribution in [0.15, 0.2) is 63.9 Å². The van der Waals surface area contributed by atoms with E-state index < -0.39 is 5.63 Å². The summed E-state index contributed by atoms with van der Waals surface area (Å²) in [5.41, 5.74) is 1.85. The number of nitrogens with one attached hydrogen (secondary N) is 1. The number of aromatic amines is 1. The summed E-state index contributed by atoms with van der Waals surface area (Å²) in [5, 5.41) is 0.835. The minimum Gasteiger partial charge on any atom is -0.497 e. The molecule has 0 aliphatic heterocycles. The third-order valence-electron chi connectivity index (χ3n) is 4.26. The van der Waals surface area contributed by atoms with E-state index in [1.165, 1.54) is 0 Å². The monoisotopic (exact) mass is 380 g/mol. The van der Waals surface area contributed by atoms with E-state index in [0.717, 1.165) is 11.1 Å². The Hall–Kier alpha value is -3.32. The predicted octanol–water partition coefficient (Wildman–Crippen LogP) is 4.33. The zero-order chi connectivity index (χ0) is 19.0. The lowest BCUT2D eigenvalue weighted by atomic mass is 10.1. The molecule has 2 aromatic carbocycles. The van der Waals surface area contributed by atoms with Crippen molar-refractivity contribution < 1.29 is 13.9 Å². The third kappa shape index (κ3) is 3.13. The minimum atomic E-state index is -0.430. The van der Waals surface area contributed by atoms with Crippen LogP contribution in [0.3, 0.4) is 0 Å². The number of ether oxygens (including phenoxy) is 2. The second-order valence-electron chi connectivity index (χ2n) is 5.90. The highest BCUT2D eigenvalue weighted by Gasteiger charge is 2.12. The number of nitrogens with zero attached hydrogens (tertiary/aromatic N) is 1. The maximum absolute atomic E-state index is 12.4. The molecule has 0 bridgehead atoms. The second kappa shape index (κ2) is 6.77. The number of hydrogen-bond acceptors (Lipinski definition) is 5. The van der Waals surface area contributed by atoms with E-state index >= 15 is 0 Å². The molecule has 0 unspecified atom stereocenters. The first-order valence-electron chi connectivity index (χ1n) is 8.17. The Kier molecular flexibility index (Phi) is 4.29. The summed E-state index contributed by atoms with van der Waals surface area (Å²) in [7, 11) is 3.17. The van der Waals surface area contributed by atoms with E-state index in [2.05, 4.69) is 4.98 Å². The van der Waals surface area contributed by atoms with Gasteiger partial charge in [0.05, 0.1) is 31.2 Å². The first kappa shape index (κ1) is 17.1. The highest BCUT2D eigenvalue weighted by atomic mass is 32.1. The number of aromatic nitrogens is 2. The largest absolute Gasteiger partial charge is 0.497 e. The summed E-state index contributed by atoms with van der Waals surface area (Å²) < 4.78 is 18.2. The molecule has 4 aromatic rings. The number of para-hydroxylation sites is 1. The average molecular weight is 380 g/mol. The SMILES string of the molecule is COc1cc(OC)cc(-n2cc(-c3cc4ccccc4oc3=O)[nH]c2=S)c1. The summed E-state index contributed by atoms with van der Waals surface area (Å²) in [6.45, 7) is 0. The van der Waals surface area contributed by atoms with Gasteiger partial charge in [-0.2, -0.15) is 0 Å². The van der Waals surface area contributed by atoms with Gasteiger partial charge in [-0.05, 0) is 24.4 Å². The molecule has 0 saturated carbocycles. The van der Waals surface area contributed by atoms with Gasteiger partial charge in [-0.3, -0.25) is 4.57 Å². The predicted molar refractivity (Wildman–Crippen MR) is 106 cm³/mol. The van der Waals surface area contributed by atoms with Gasteiger partial charge in [0.2, 0.25) is 0 Å². The molecule has 2 aromatic heterocycles. The molecule has 1 N–H and O–H groups in total. The quantitative estimate of drug-likeness (QED) is 0.422. The minimum absolute atomic E-state index is 0.411. The molecule has 0 atom stereocenters. The lowest BCUT2D eigenvalue weighted by molar-refractivity contribution is 0.394. The first-order chi connectivity index (χ1) is 13.1. The fourth-order valence-corrected chi connectivity index (χ4v) is 3.17. The van der Waals surface area contributed by atoms with Crippen LogP contribution in [0.2, 0.25) is 0 Å². The van der Waals surface area contributed by atoms with Gasteiger partial charge in [0, 0.05) is 29.8 Å². The van der Waals surface area contributed by atoms with Crippen LogP contribution in [0.5, 0.6) is 11.5 Å². The molecule has 6 nitrogen and oxygen atoms in total. The average Bonchev–Trinajstić information content (AvgIpc) is 3.08.